The molecule has 14 heavy (non-hydrogen) atoms. The number of nitroso groups, excluding NO2 is 1. The van der Waals surface area contributed by atoms with Crippen molar-refractivity contribution in [2.75, 3.05) is 0 Å². The molecular weight excluding hydrogens is 208 g/mol. The average molecular weight is 220 g/mol. The summed E-state index contributed by atoms with van der Waals surface area (Å²) in [7, 11) is 0. The lowest BCUT2D eigenvalue weighted by atomic mass is 9.98. The second-order valence-electron chi connectivity index (χ2n) is 3.23. The molecule has 0 rings (SSSR count). The third-order valence-corrected chi connectivity index (χ3v) is 1.77. The van der Waals surface area contributed by atoms with Gasteiger partial charge in [0.2, 0.25) is 5.12 Å². The van der Waals surface area contributed by atoms with Gasteiger partial charge in [-0.05, 0) is 13.8 Å². The summed E-state index contributed by atoms with van der Waals surface area (Å²) in [6.07, 6.45) is 0. The highest BCUT2D eigenvalue weighted by Gasteiger charge is 2.36. The molecule has 0 aliphatic heterocycles. The Labute approximate surface area is 86.7 Å². The third kappa shape index (κ3) is 3.84. The van der Waals surface area contributed by atoms with Crippen molar-refractivity contribution in [2.45, 2.75) is 32.4 Å². The summed E-state index contributed by atoms with van der Waals surface area (Å²) in [5, 5.41) is 2.12. The van der Waals surface area contributed by atoms with Gasteiger partial charge in [0.1, 0.15) is 11.6 Å². The van der Waals surface area contributed by atoms with E-state index in [4.69, 9.17) is 0 Å². The lowest BCUT2D eigenvalue weighted by Crippen LogP contribution is -2.49. The lowest BCUT2D eigenvalue weighted by Gasteiger charge is -2.24. The van der Waals surface area contributed by atoms with Gasteiger partial charge in [0.15, 0.2) is 0 Å². The molecule has 0 aromatic heterocycles. The van der Waals surface area contributed by atoms with Crippen LogP contribution in [0.4, 0.5) is 0 Å². The van der Waals surface area contributed by atoms with Gasteiger partial charge in [-0.25, -0.2) is 0 Å². The maximum absolute atomic E-state index is 11.0. The van der Waals surface area contributed by atoms with Crippen LogP contribution in [0.3, 0.4) is 0 Å². The van der Waals surface area contributed by atoms with Crippen molar-refractivity contribution in [3.8, 4) is 0 Å². The van der Waals surface area contributed by atoms with E-state index in [1.165, 1.54) is 13.8 Å². The zero-order valence-corrected chi connectivity index (χ0v) is 9.00. The zero-order chi connectivity index (χ0) is 11.4. The first-order valence-electron chi connectivity index (χ1n) is 3.81. The van der Waals surface area contributed by atoms with Crippen LogP contribution in [-0.2, 0) is 14.4 Å². The molecular formula is C7H12N2O4S. The summed E-state index contributed by atoms with van der Waals surface area (Å²) in [6.45, 7) is 4.01. The quantitative estimate of drug-likeness (QED) is 0.398. The van der Waals surface area contributed by atoms with Crippen LogP contribution < -0.4 is 5.48 Å². The van der Waals surface area contributed by atoms with Crippen LogP contribution in [0.15, 0.2) is 5.18 Å². The van der Waals surface area contributed by atoms with Crippen molar-refractivity contribution in [1.82, 2.24) is 5.48 Å². The molecule has 0 saturated heterocycles. The highest BCUT2D eigenvalue weighted by molar-refractivity contribution is 7.96. The Hall–Kier alpha value is -0.950. The minimum atomic E-state index is -1.23. The van der Waals surface area contributed by atoms with E-state index in [1.54, 1.807) is 0 Å². The predicted molar refractivity (Wildman–Crippen MR) is 52.6 cm³/mol. The normalized spacial score (nSPS) is 13.1. The molecule has 0 aromatic rings. The molecule has 7 heteroatoms. The van der Waals surface area contributed by atoms with Gasteiger partial charge in [-0.2, -0.15) is 4.91 Å². The standard InChI is InChI=1S/C7H12N2O4S/c1-4(10)13-8-5(6(11)14)7(2,3)9-12/h5,8H,1-3H3,(H,11,14). The Bertz CT molecular complexity index is 254. The first kappa shape index (κ1) is 13.1. The molecule has 80 valence electrons. The number of carbonyl (C=O) groups is 2. The minimum Gasteiger partial charge on any atom is -0.370 e. The third-order valence-electron chi connectivity index (χ3n) is 1.51. The molecule has 0 aliphatic rings. The van der Waals surface area contributed by atoms with Crippen LogP contribution in [0, 0.1) is 4.91 Å². The monoisotopic (exact) mass is 220 g/mol. The highest BCUT2D eigenvalue weighted by Crippen LogP contribution is 2.16. The maximum atomic E-state index is 11.0. The molecule has 0 heterocycles. The second-order valence-corrected chi connectivity index (χ2v) is 3.67. The minimum absolute atomic E-state index is 0.619. The number of hydroxylamine groups is 1. The first-order chi connectivity index (χ1) is 6.31. The number of hydrogen-bond acceptors (Lipinski definition) is 6. The molecule has 0 spiro atoms. The molecule has 0 saturated carbocycles. The van der Waals surface area contributed by atoms with Crippen LogP contribution in [0.1, 0.15) is 20.8 Å². The molecule has 6 nitrogen and oxygen atoms in total. The van der Waals surface area contributed by atoms with Gasteiger partial charge in [-0.1, -0.05) is 5.18 Å². The SMILES string of the molecule is CC(=O)ONC(C(=O)S)C(C)(C)N=O. The Morgan fingerprint density at radius 1 is 1.50 bits per heavy atom. The molecule has 0 fully saturated rings. The van der Waals surface area contributed by atoms with Crippen LogP contribution in [0.2, 0.25) is 0 Å². The van der Waals surface area contributed by atoms with Crippen molar-refractivity contribution in [3.05, 3.63) is 4.91 Å². The Morgan fingerprint density at radius 3 is 2.29 bits per heavy atom. The molecule has 0 aliphatic carbocycles. The fourth-order valence-corrected chi connectivity index (χ4v) is 1.06. The van der Waals surface area contributed by atoms with Crippen molar-refractivity contribution in [2.24, 2.45) is 5.18 Å². The summed E-state index contributed by atoms with van der Waals surface area (Å²) in [4.78, 5) is 36.2. The van der Waals surface area contributed by atoms with E-state index in [2.05, 4.69) is 28.1 Å². The van der Waals surface area contributed by atoms with E-state index in [0.29, 0.717) is 0 Å². The van der Waals surface area contributed by atoms with Gasteiger partial charge in [0.25, 0.3) is 0 Å². The first-order valence-corrected chi connectivity index (χ1v) is 4.26. The van der Waals surface area contributed by atoms with Crippen molar-refractivity contribution in [3.63, 3.8) is 0 Å². The lowest BCUT2D eigenvalue weighted by molar-refractivity contribution is -0.151. The molecule has 0 bridgehead atoms. The molecule has 1 unspecified atom stereocenters. The topological polar surface area (TPSA) is 84.8 Å². The molecule has 0 amide bonds. The van der Waals surface area contributed by atoms with Gasteiger partial charge in [0, 0.05) is 6.92 Å². The van der Waals surface area contributed by atoms with Gasteiger partial charge in [-0.3, -0.25) is 9.59 Å². The van der Waals surface area contributed by atoms with Gasteiger partial charge in [0.05, 0.1) is 0 Å². The fourth-order valence-electron chi connectivity index (χ4n) is 0.691. The predicted octanol–water partition coefficient (Wildman–Crippen LogP) is 0.424. The molecule has 0 radical (unpaired) electrons. The summed E-state index contributed by atoms with van der Waals surface area (Å²) in [5.41, 5.74) is 0.913. The van der Waals surface area contributed by atoms with E-state index in [0.717, 1.165) is 6.92 Å². The van der Waals surface area contributed by atoms with E-state index in [9.17, 15) is 14.5 Å². The van der Waals surface area contributed by atoms with Crippen LogP contribution in [-0.4, -0.2) is 22.7 Å². The van der Waals surface area contributed by atoms with Crippen LogP contribution in [0.5, 0.6) is 0 Å². The van der Waals surface area contributed by atoms with E-state index in [-0.39, 0.29) is 0 Å². The number of carbonyl (C=O) groups excluding carboxylic acids is 2. The second kappa shape index (κ2) is 5.06. The van der Waals surface area contributed by atoms with Crippen molar-refractivity contribution < 1.29 is 14.4 Å². The van der Waals surface area contributed by atoms with E-state index >= 15 is 0 Å². The van der Waals surface area contributed by atoms with Crippen LogP contribution in [0.25, 0.3) is 0 Å². The van der Waals surface area contributed by atoms with E-state index < -0.39 is 22.7 Å². The average Bonchev–Trinajstić information content (AvgIpc) is 2.03. The number of rotatable bonds is 5. The fraction of sp³-hybridized carbons (Fsp3) is 0.714. The smallest absolute Gasteiger partial charge is 0.321 e. The highest BCUT2D eigenvalue weighted by atomic mass is 32.1. The van der Waals surface area contributed by atoms with Gasteiger partial charge < -0.3 is 4.84 Å². The largest absolute Gasteiger partial charge is 0.370 e. The summed E-state index contributed by atoms with van der Waals surface area (Å²) in [6, 6.07) is -1.06. The van der Waals surface area contributed by atoms with Crippen LogP contribution >= 0.6 is 12.6 Å². The zero-order valence-electron chi connectivity index (χ0n) is 8.10. The number of thiol groups is 1. The van der Waals surface area contributed by atoms with Crippen molar-refractivity contribution >= 4 is 23.7 Å². The Morgan fingerprint density at radius 2 is 2.00 bits per heavy atom. The maximum Gasteiger partial charge on any atom is 0.321 e. The summed E-state index contributed by atoms with van der Waals surface area (Å²) in [5.74, 6) is -0.619. The summed E-state index contributed by atoms with van der Waals surface area (Å²) >= 11 is 3.55. The number of nitrogens with zero attached hydrogens (tertiary/aromatic N) is 1. The van der Waals surface area contributed by atoms with Crippen molar-refractivity contribution in [1.29, 1.82) is 0 Å². The van der Waals surface area contributed by atoms with Gasteiger partial charge in [-0.15, -0.1) is 18.1 Å². The summed E-state index contributed by atoms with van der Waals surface area (Å²) < 4.78 is 0. The van der Waals surface area contributed by atoms with Gasteiger partial charge >= 0.3 is 5.97 Å². The Balaban J connectivity index is 4.53. The molecule has 1 atom stereocenters. The number of hydrogen-bond donors (Lipinski definition) is 2. The van der Waals surface area contributed by atoms with E-state index in [1.807, 2.05) is 0 Å². The Kier molecular flexibility index (Phi) is 4.72. The molecule has 1 N–H and O–H groups in total. The molecule has 0 aromatic carbocycles. The number of nitrogens with one attached hydrogen (secondary N) is 1.